The molecule has 0 fully saturated rings. The Bertz CT molecular complexity index is 1270. The van der Waals surface area contributed by atoms with E-state index in [9.17, 15) is 4.79 Å². The molecule has 166 valence electrons. The number of benzene rings is 4. The van der Waals surface area contributed by atoms with Crippen LogP contribution in [0.2, 0.25) is 0 Å². The van der Waals surface area contributed by atoms with Gasteiger partial charge in [0.25, 0.3) is 0 Å². The first kappa shape index (κ1) is 22.8. The fraction of sp³-hybridized carbons (Fsp3) is 0.0938. The fourth-order valence-corrected chi connectivity index (χ4v) is 3.88. The lowest BCUT2D eigenvalue weighted by atomic mass is 9.86. The van der Waals surface area contributed by atoms with Crippen molar-refractivity contribution in [3.8, 4) is 11.8 Å². The number of hydrogen-bond acceptors (Lipinski definition) is 2. The van der Waals surface area contributed by atoms with E-state index in [0.29, 0.717) is 11.1 Å². The van der Waals surface area contributed by atoms with Gasteiger partial charge in [0.2, 0.25) is 0 Å². The maximum Gasteiger partial charge on any atom is 0.340 e. The molecule has 4 aromatic carbocycles. The highest BCUT2D eigenvalue weighted by molar-refractivity contribution is 5.92. The highest BCUT2D eigenvalue weighted by Gasteiger charge is 2.27. The molecule has 2 heteroatoms. The highest BCUT2D eigenvalue weighted by Crippen LogP contribution is 2.31. The second-order valence-electron chi connectivity index (χ2n) is 8.07. The molecular weight excluding hydrogens is 416 g/mol. The van der Waals surface area contributed by atoms with Gasteiger partial charge in [0, 0.05) is 17.0 Å². The van der Waals surface area contributed by atoms with Crippen LogP contribution in [-0.2, 0) is 4.74 Å². The van der Waals surface area contributed by atoms with Crippen molar-refractivity contribution in [3.05, 3.63) is 155 Å². The molecule has 0 aliphatic heterocycles. The quantitative estimate of drug-likeness (QED) is 0.184. The van der Waals surface area contributed by atoms with Gasteiger partial charge in [0.1, 0.15) is 6.10 Å². The van der Waals surface area contributed by atoms with Gasteiger partial charge in [-0.2, -0.15) is 0 Å². The smallest absolute Gasteiger partial charge is 0.340 e. The average molecular weight is 443 g/mol. The van der Waals surface area contributed by atoms with E-state index in [0.717, 1.165) is 16.7 Å². The number of hydrogen-bond donors (Lipinski definition) is 0. The highest BCUT2D eigenvalue weighted by atomic mass is 16.5. The zero-order valence-corrected chi connectivity index (χ0v) is 19.1. The Labute approximate surface area is 201 Å². The molecule has 1 atom stereocenters. The zero-order chi connectivity index (χ0) is 23.8. The summed E-state index contributed by atoms with van der Waals surface area (Å²) in [7, 11) is 0. The Morgan fingerprint density at radius 2 is 1.32 bits per heavy atom. The third kappa shape index (κ3) is 5.52. The van der Waals surface area contributed by atoms with Crippen molar-refractivity contribution < 1.29 is 9.53 Å². The van der Waals surface area contributed by atoms with E-state index in [2.05, 4.69) is 18.4 Å². The number of rotatable bonds is 6. The summed E-state index contributed by atoms with van der Waals surface area (Å²) < 4.78 is 6.04. The molecule has 0 aromatic heterocycles. The molecule has 34 heavy (non-hydrogen) atoms. The van der Waals surface area contributed by atoms with E-state index in [1.54, 1.807) is 12.1 Å². The van der Waals surface area contributed by atoms with Crippen LogP contribution in [0.15, 0.2) is 122 Å². The van der Waals surface area contributed by atoms with Crippen LogP contribution in [0, 0.1) is 18.8 Å². The Kier molecular flexibility index (Phi) is 7.38. The van der Waals surface area contributed by atoms with Crippen LogP contribution in [-0.4, -0.2) is 12.1 Å². The van der Waals surface area contributed by atoms with Gasteiger partial charge in [-0.3, -0.25) is 0 Å². The van der Waals surface area contributed by atoms with E-state index in [4.69, 9.17) is 4.74 Å². The summed E-state index contributed by atoms with van der Waals surface area (Å²) in [6.45, 7) is 6.02. The molecule has 0 aliphatic rings. The maximum absolute atomic E-state index is 13.3. The Hall–Kier alpha value is -4.35. The summed E-state index contributed by atoms with van der Waals surface area (Å²) in [5.41, 5.74) is 5.25. The van der Waals surface area contributed by atoms with Crippen molar-refractivity contribution in [1.29, 1.82) is 0 Å². The normalized spacial score (nSPS) is 11.2. The number of esters is 1. The summed E-state index contributed by atoms with van der Waals surface area (Å²) in [6.07, 6.45) is 1.15. The van der Waals surface area contributed by atoms with Gasteiger partial charge in [0.05, 0.1) is 5.56 Å². The van der Waals surface area contributed by atoms with Gasteiger partial charge in [-0.1, -0.05) is 115 Å². The summed E-state index contributed by atoms with van der Waals surface area (Å²) >= 11 is 0. The first-order chi connectivity index (χ1) is 16.7. The minimum Gasteiger partial charge on any atom is -0.453 e. The van der Waals surface area contributed by atoms with Crippen LogP contribution in [0.5, 0.6) is 0 Å². The number of ether oxygens (including phenoxy) is 1. The second-order valence-corrected chi connectivity index (χ2v) is 8.07. The van der Waals surface area contributed by atoms with Crippen LogP contribution in [0.3, 0.4) is 0 Å². The predicted molar refractivity (Wildman–Crippen MR) is 138 cm³/mol. The van der Waals surface area contributed by atoms with Gasteiger partial charge in [-0.05, 0) is 42.3 Å². The monoisotopic (exact) mass is 442 g/mol. The largest absolute Gasteiger partial charge is 0.453 e. The van der Waals surface area contributed by atoms with Crippen molar-refractivity contribution >= 4 is 5.97 Å². The third-order valence-electron chi connectivity index (χ3n) is 5.66. The molecule has 4 aromatic rings. The molecule has 0 spiro atoms. The molecule has 0 radical (unpaired) electrons. The minimum absolute atomic E-state index is 0.172. The van der Waals surface area contributed by atoms with E-state index in [1.807, 2.05) is 110 Å². The molecule has 0 amide bonds. The molecule has 2 nitrogen and oxygen atoms in total. The SMILES string of the molecule is C=CC(OC(=O)c1ccccc1C#Cc1ccc(C)cc1)C(c1ccccc1)c1ccccc1. The Morgan fingerprint density at radius 1 is 0.765 bits per heavy atom. The van der Waals surface area contributed by atoms with Crippen molar-refractivity contribution in [1.82, 2.24) is 0 Å². The van der Waals surface area contributed by atoms with E-state index in [1.165, 1.54) is 5.56 Å². The van der Waals surface area contributed by atoms with E-state index >= 15 is 0 Å². The standard InChI is InChI=1S/C32H26O2/c1-3-30(31(27-13-6-4-7-14-27)28-15-8-5-9-16-28)34-32(33)29-17-11-10-12-26(29)23-22-25-20-18-24(2)19-21-25/h3-21,30-31H,1H2,2H3. The predicted octanol–water partition coefficient (Wildman–Crippen LogP) is 6.94. The van der Waals surface area contributed by atoms with Crippen molar-refractivity contribution in [3.63, 3.8) is 0 Å². The van der Waals surface area contributed by atoms with E-state index in [-0.39, 0.29) is 5.92 Å². The second kappa shape index (κ2) is 11.0. The number of aryl methyl sites for hydroxylation is 1. The molecule has 0 bridgehead atoms. The topological polar surface area (TPSA) is 26.3 Å². The van der Waals surface area contributed by atoms with Crippen LogP contribution < -0.4 is 0 Å². The van der Waals surface area contributed by atoms with Crippen molar-refractivity contribution in [2.24, 2.45) is 0 Å². The van der Waals surface area contributed by atoms with Gasteiger partial charge in [-0.15, -0.1) is 0 Å². The number of carbonyl (C=O) groups is 1. The molecule has 4 rings (SSSR count). The first-order valence-corrected chi connectivity index (χ1v) is 11.3. The summed E-state index contributed by atoms with van der Waals surface area (Å²) in [5.74, 6) is 5.69. The van der Waals surface area contributed by atoms with Crippen LogP contribution >= 0.6 is 0 Å². The lowest BCUT2D eigenvalue weighted by Gasteiger charge is -2.26. The molecule has 0 aliphatic carbocycles. The molecule has 0 N–H and O–H groups in total. The van der Waals surface area contributed by atoms with Crippen LogP contribution in [0.4, 0.5) is 0 Å². The van der Waals surface area contributed by atoms with Gasteiger partial charge < -0.3 is 4.74 Å². The Balaban J connectivity index is 1.63. The summed E-state index contributed by atoms with van der Waals surface area (Å²) in [5, 5.41) is 0. The van der Waals surface area contributed by atoms with Crippen molar-refractivity contribution in [2.45, 2.75) is 18.9 Å². The maximum atomic E-state index is 13.3. The zero-order valence-electron chi connectivity index (χ0n) is 19.1. The molecular formula is C32H26O2. The van der Waals surface area contributed by atoms with Crippen LogP contribution in [0.1, 0.15) is 44.1 Å². The molecule has 0 heterocycles. The third-order valence-corrected chi connectivity index (χ3v) is 5.66. The molecule has 0 saturated heterocycles. The lowest BCUT2D eigenvalue weighted by molar-refractivity contribution is 0.0367. The Morgan fingerprint density at radius 3 is 1.91 bits per heavy atom. The first-order valence-electron chi connectivity index (χ1n) is 11.3. The number of carbonyl (C=O) groups excluding carboxylic acids is 1. The van der Waals surface area contributed by atoms with Gasteiger partial charge in [0.15, 0.2) is 0 Å². The molecule has 0 saturated carbocycles. The van der Waals surface area contributed by atoms with Gasteiger partial charge >= 0.3 is 5.97 Å². The van der Waals surface area contributed by atoms with Gasteiger partial charge in [-0.25, -0.2) is 4.79 Å². The van der Waals surface area contributed by atoms with Crippen LogP contribution in [0.25, 0.3) is 0 Å². The fourth-order valence-electron chi connectivity index (χ4n) is 3.88. The van der Waals surface area contributed by atoms with E-state index < -0.39 is 12.1 Å². The lowest BCUT2D eigenvalue weighted by Crippen LogP contribution is -2.25. The minimum atomic E-state index is -0.546. The average Bonchev–Trinajstić information content (AvgIpc) is 2.89. The van der Waals surface area contributed by atoms with Crippen molar-refractivity contribution in [2.75, 3.05) is 0 Å². The summed E-state index contributed by atoms with van der Waals surface area (Å²) in [4.78, 5) is 13.3. The molecule has 1 unspecified atom stereocenters. The summed E-state index contributed by atoms with van der Waals surface area (Å²) in [6, 6.07) is 35.4.